The number of hydrogen-bond acceptors (Lipinski definition) is 4. The predicted molar refractivity (Wildman–Crippen MR) is 108 cm³/mol. The Labute approximate surface area is 167 Å². The molecule has 0 N–H and O–H groups in total. The van der Waals surface area contributed by atoms with E-state index in [0.29, 0.717) is 30.5 Å². The summed E-state index contributed by atoms with van der Waals surface area (Å²) >= 11 is 0. The summed E-state index contributed by atoms with van der Waals surface area (Å²) < 4.78 is 32.7. The number of hydrogen-bond donors (Lipinski definition) is 0. The van der Waals surface area contributed by atoms with E-state index in [2.05, 4.69) is 13.8 Å². The van der Waals surface area contributed by atoms with Gasteiger partial charge in [-0.15, -0.1) is 0 Å². The second-order valence-corrected chi connectivity index (χ2v) is 9.79. The molecule has 0 radical (unpaired) electrons. The van der Waals surface area contributed by atoms with Gasteiger partial charge in [0.15, 0.2) is 0 Å². The topological polar surface area (TPSA) is 63.7 Å². The van der Waals surface area contributed by atoms with Crippen molar-refractivity contribution in [2.24, 2.45) is 11.8 Å². The fourth-order valence-corrected chi connectivity index (χ4v) is 5.31. The number of aryl methyl sites for hydroxylation is 1. The highest BCUT2D eigenvalue weighted by Crippen LogP contribution is 2.26. The largest absolute Gasteiger partial charge is 0.457 e. The van der Waals surface area contributed by atoms with Gasteiger partial charge in [0.25, 0.3) is 0 Å². The molecule has 2 aromatic carbocycles. The average molecular weight is 402 g/mol. The number of nitrogens with zero attached hydrogens (tertiary/aromatic N) is 1. The number of carbonyl (C=O) groups excluding carboxylic acids is 1. The van der Waals surface area contributed by atoms with Gasteiger partial charge in [0.05, 0.1) is 10.5 Å². The molecular formula is C22H27NO4S. The molecule has 5 nitrogen and oxygen atoms in total. The van der Waals surface area contributed by atoms with Crippen LogP contribution in [0.25, 0.3) is 0 Å². The minimum absolute atomic E-state index is 0.183. The van der Waals surface area contributed by atoms with Crippen molar-refractivity contribution in [2.75, 3.05) is 13.1 Å². The van der Waals surface area contributed by atoms with Gasteiger partial charge in [-0.25, -0.2) is 13.2 Å². The molecule has 1 aliphatic heterocycles. The highest BCUT2D eigenvalue weighted by Gasteiger charge is 2.31. The number of rotatable bonds is 5. The Balaban J connectivity index is 1.66. The maximum Gasteiger partial charge on any atom is 0.338 e. The summed E-state index contributed by atoms with van der Waals surface area (Å²) in [4.78, 5) is 12.5. The van der Waals surface area contributed by atoms with Crippen LogP contribution in [0.2, 0.25) is 0 Å². The number of esters is 1. The van der Waals surface area contributed by atoms with Gasteiger partial charge >= 0.3 is 5.97 Å². The molecular weight excluding hydrogens is 374 g/mol. The van der Waals surface area contributed by atoms with Crippen LogP contribution in [0.1, 0.15) is 41.8 Å². The zero-order valence-corrected chi connectivity index (χ0v) is 17.4. The molecule has 0 saturated carbocycles. The first-order chi connectivity index (χ1) is 13.3. The third-order valence-corrected chi connectivity index (χ3v) is 6.90. The van der Waals surface area contributed by atoms with Crippen LogP contribution < -0.4 is 0 Å². The van der Waals surface area contributed by atoms with E-state index in [9.17, 15) is 13.2 Å². The monoisotopic (exact) mass is 401 g/mol. The number of ether oxygens (including phenoxy) is 1. The van der Waals surface area contributed by atoms with E-state index in [1.807, 2.05) is 31.2 Å². The summed E-state index contributed by atoms with van der Waals surface area (Å²) in [6.07, 6.45) is 1.04. The molecule has 6 heteroatoms. The summed E-state index contributed by atoms with van der Waals surface area (Å²) in [5, 5.41) is 0. The first kappa shape index (κ1) is 20.6. The highest BCUT2D eigenvalue weighted by molar-refractivity contribution is 7.89. The minimum atomic E-state index is -3.55. The van der Waals surface area contributed by atoms with Gasteiger partial charge in [0.2, 0.25) is 10.0 Å². The van der Waals surface area contributed by atoms with Gasteiger partial charge in [-0.05, 0) is 55.0 Å². The van der Waals surface area contributed by atoms with Crippen molar-refractivity contribution in [3.8, 4) is 0 Å². The molecule has 2 atom stereocenters. The van der Waals surface area contributed by atoms with Gasteiger partial charge in [-0.2, -0.15) is 4.31 Å². The molecule has 0 aromatic heterocycles. The van der Waals surface area contributed by atoms with Gasteiger partial charge in [0.1, 0.15) is 6.61 Å². The molecule has 1 fully saturated rings. The lowest BCUT2D eigenvalue weighted by atomic mass is 9.94. The number of piperidine rings is 1. The fraction of sp³-hybridized carbons (Fsp3) is 0.409. The quantitative estimate of drug-likeness (QED) is 0.710. The van der Waals surface area contributed by atoms with Crippen LogP contribution in [0, 0.1) is 18.8 Å². The molecule has 0 aliphatic carbocycles. The van der Waals surface area contributed by atoms with E-state index in [1.54, 1.807) is 4.31 Å². The van der Waals surface area contributed by atoms with Gasteiger partial charge in [-0.1, -0.05) is 43.7 Å². The molecule has 1 heterocycles. The van der Waals surface area contributed by atoms with E-state index in [0.717, 1.165) is 17.5 Å². The van der Waals surface area contributed by atoms with Crippen LogP contribution in [0.15, 0.2) is 53.4 Å². The zero-order valence-electron chi connectivity index (χ0n) is 16.6. The van der Waals surface area contributed by atoms with Crippen LogP contribution in [0.3, 0.4) is 0 Å². The maximum atomic E-state index is 12.9. The Morgan fingerprint density at radius 2 is 1.57 bits per heavy atom. The fourth-order valence-electron chi connectivity index (χ4n) is 3.63. The van der Waals surface area contributed by atoms with Crippen molar-refractivity contribution in [1.29, 1.82) is 0 Å². The first-order valence-electron chi connectivity index (χ1n) is 9.58. The van der Waals surface area contributed by atoms with E-state index >= 15 is 0 Å². The first-order valence-corrected chi connectivity index (χ1v) is 11.0. The Kier molecular flexibility index (Phi) is 6.20. The standard InChI is InChI=1S/C22H27NO4S/c1-16-4-6-19(7-5-16)15-27-22(24)20-8-10-21(11-9-20)28(25,26)23-13-17(2)12-18(3)14-23/h4-11,17-18H,12-15H2,1-3H3/t17-,18-/m1/s1. The lowest BCUT2D eigenvalue weighted by Crippen LogP contribution is -2.42. The van der Waals surface area contributed by atoms with Crippen LogP contribution in [0.5, 0.6) is 0 Å². The Hall–Kier alpha value is -2.18. The smallest absolute Gasteiger partial charge is 0.338 e. The molecule has 0 amide bonds. The van der Waals surface area contributed by atoms with Crippen molar-refractivity contribution in [1.82, 2.24) is 4.31 Å². The zero-order chi connectivity index (χ0) is 20.3. The van der Waals surface area contributed by atoms with E-state index in [1.165, 1.54) is 24.3 Å². The summed E-state index contributed by atoms with van der Waals surface area (Å²) in [6.45, 7) is 7.40. The summed E-state index contributed by atoms with van der Waals surface area (Å²) in [6, 6.07) is 13.8. The normalized spacial score (nSPS) is 20.7. The molecule has 0 unspecified atom stereocenters. The predicted octanol–water partition coefficient (Wildman–Crippen LogP) is 4.02. The van der Waals surface area contributed by atoms with Crippen molar-refractivity contribution < 1.29 is 17.9 Å². The molecule has 28 heavy (non-hydrogen) atoms. The minimum Gasteiger partial charge on any atom is -0.457 e. The lowest BCUT2D eigenvalue weighted by molar-refractivity contribution is 0.0472. The maximum absolute atomic E-state index is 12.9. The molecule has 150 valence electrons. The van der Waals surface area contributed by atoms with Gasteiger partial charge < -0.3 is 4.74 Å². The van der Waals surface area contributed by atoms with Crippen molar-refractivity contribution >= 4 is 16.0 Å². The van der Waals surface area contributed by atoms with E-state index in [4.69, 9.17) is 4.74 Å². The molecule has 1 saturated heterocycles. The van der Waals surface area contributed by atoms with Crippen molar-refractivity contribution in [3.05, 3.63) is 65.2 Å². The average Bonchev–Trinajstić information content (AvgIpc) is 2.66. The lowest BCUT2D eigenvalue weighted by Gasteiger charge is -2.34. The third kappa shape index (κ3) is 4.80. The van der Waals surface area contributed by atoms with Crippen LogP contribution in [0.4, 0.5) is 0 Å². The van der Waals surface area contributed by atoms with Crippen LogP contribution in [-0.4, -0.2) is 31.8 Å². The van der Waals surface area contributed by atoms with Crippen molar-refractivity contribution in [2.45, 2.75) is 38.7 Å². The molecule has 0 bridgehead atoms. The Morgan fingerprint density at radius 1 is 1.00 bits per heavy atom. The third-order valence-electron chi connectivity index (χ3n) is 5.05. The van der Waals surface area contributed by atoms with Crippen LogP contribution in [-0.2, 0) is 21.4 Å². The highest BCUT2D eigenvalue weighted by atomic mass is 32.2. The molecule has 2 aromatic rings. The number of carbonyl (C=O) groups is 1. The Bertz CT molecular complexity index is 910. The number of sulfonamides is 1. The second-order valence-electron chi connectivity index (χ2n) is 7.85. The van der Waals surface area contributed by atoms with E-state index in [-0.39, 0.29) is 11.5 Å². The summed E-state index contributed by atoms with van der Waals surface area (Å²) in [7, 11) is -3.55. The summed E-state index contributed by atoms with van der Waals surface area (Å²) in [5.74, 6) is 0.217. The summed E-state index contributed by atoms with van der Waals surface area (Å²) in [5.41, 5.74) is 2.39. The molecule has 0 spiro atoms. The molecule has 3 rings (SSSR count). The van der Waals surface area contributed by atoms with E-state index < -0.39 is 16.0 Å². The second kappa shape index (κ2) is 8.45. The van der Waals surface area contributed by atoms with Crippen LogP contribution >= 0.6 is 0 Å². The molecule has 1 aliphatic rings. The van der Waals surface area contributed by atoms with Gasteiger partial charge in [0, 0.05) is 13.1 Å². The van der Waals surface area contributed by atoms with Gasteiger partial charge in [-0.3, -0.25) is 0 Å². The number of benzene rings is 2. The SMILES string of the molecule is Cc1ccc(COC(=O)c2ccc(S(=O)(=O)N3C[C@H](C)C[C@@H](C)C3)cc2)cc1. The Morgan fingerprint density at radius 3 is 2.14 bits per heavy atom. The van der Waals surface area contributed by atoms with Crippen molar-refractivity contribution in [3.63, 3.8) is 0 Å².